The Balaban J connectivity index is 1.90. The van der Waals surface area contributed by atoms with E-state index in [1.165, 1.54) is 0 Å². The Bertz CT molecular complexity index is 992. The molecule has 0 aliphatic rings. The van der Waals surface area contributed by atoms with Crippen LogP contribution >= 0.6 is 0 Å². The summed E-state index contributed by atoms with van der Waals surface area (Å²) < 4.78 is 6.93. The number of rotatable bonds is 7. The molecule has 3 aromatic rings. The summed E-state index contributed by atoms with van der Waals surface area (Å²) in [6, 6.07) is 17.0. The first kappa shape index (κ1) is 18.9. The normalized spacial score (nSPS) is 10.8. The zero-order valence-corrected chi connectivity index (χ0v) is 15.2. The van der Waals surface area contributed by atoms with Crippen LogP contribution < -0.4 is 15.2 Å². The van der Waals surface area contributed by atoms with Crippen LogP contribution in [0.2, 0.25) is 0 Å². The molecule has 142 valence electrons. The molecule has 1 heterocycles. The van der Waals surface area contributed by atoms with Crippen molar-refractivity contribution in [1.29, 1.82) is 0 Å². The summed E-state index contributed by atoms with van der Waals surface area (Å²) in [4.78, 5) is 22.2. The Morgan fingerprint density at radius 3 is 2.46 bits per heavy atom. The predicted octanol–water partition coefficient (Wildman–Crippen LogP) is 1.47. The lowest BCUT2D eigenvalue weighted by molar-refractivity contribution is -0.297. The molecule has 0 bridgehead atoms. The zero-order chi connectivity index (χ0) is 19.9. The number of nitrogens with one attached hydrogen (secondary N) is 1. The summed E-state index contributed by atoms with van der Waals surface area (Å²) in [6.07, 6.45) is 3.44. The number of ether oxygens (including phenoxy) is 1. The molecule has 0 fully saturated rings. The van der Waals surface area contributed by atoms with Crippen LogP contribution in [-0.2, 0) is 16.1 Å². The number of carboxylic acids is 1. The topological polar surface area (TPSA) is 96.3 Å². The second-order valence-electron chi connectivity index (χ2n) is 5.88. The highest BCUT2D eigenvalue weighted by atomic mass is 16.5. The van der Waals surface area contributed by atoms with Gasteiger partial charge in [0.05, 0.1) is 24.5 Å². The molecule has 28 heavy (non-hydrogen) atoms. The SMILES string of the molecule is COc1ccc(-c2nn(-c3ccccc3)cc2CNC(=O)/C=C/C(=O)[O-])cc1. The van der Waals surface area contributed by atoms with E-state index >= 15 is 0 Å². The van der Waals surface area contributed by atoms with Crippen LogP contribution in [0.1, 0.15) is 5.56 Å². The highest BCUT2D eigenvalue weighted by molar-refractivity contribution is 5.93. The van der Waals surface area contributed by atoms with Crippen molar-refractivity contribution >= 4 is 11.9 Å². The van der Waals surface area contributed by atoms with Gasteiger partial charge in [0.25, 0.3) is 0 Å². The van der Waals surface area contributed by atoms with E-state index in [0.29, 0.717) is 11.8 Å². The van der Waals surface area contributed by atoms with Gasteiger partial charge in [-0.05, 0) is 42.5 Å². The first-order valence-electron chi connectivity index (χ1n) is 8.52. The number of carbonyl (C=O) groups excluding carboxylic acids is 2. The van der Waals surface area contributed by atoms with E-state index in [1.807, 2.05) is 60.8 Å². The fraction of sp³-hybridized carbons (Fsp3) is 0.0952. The molecule has 1 aromatic heterocycles. The van der Waals surface area contributed by atoms with Crippen LogP contribution in [-0.4, -0.2) is 28.8 Å². The lowest BCUT2D eigenvalue weighted by atomic mass is 10.1. The molecule has 7 heteroatoms. The van der Waals surface area contributed by atoms with Gasteiger partial charge in [-0.25, -0.2) is 4.68 Å². The van der Waals surface area contributed by atoms with Crippen LogP contribution in [0.15, 0.2) is 72.9 Å². The Kier molecular flexibility index (Phi) is 5.86. The molecule has 0 aliphatic carbocycles. The second-order valence-corrected chi connectivity index (χ2v) is 5.88. The van der Waals surface area contributed by atoms with Gasteiger partial charge in [-0.3, -0.25) is 4.79 Å². The van der Waals surface area contributed by atoms with Crippen LogP contribution in [0.5, 0.6) is 5.75 Å². The number of para-hydroxylation sites is 1. The van der Waals surface area contributed by atoms with E-state index in [-0.39, 0.29) is 6.54 Å². The molecule has 0 radical (unpaired) electrons. The first-order valence-corrected chi connectivity index (χ1v) is 8.52. The Morgan fingerprint density at radius 2 is 1.82 bits per heavy atom. The summed E-state index contributed by atoms with van der Waals surface area (Å²) >= 11 is 0. The van der Waals surface area contributed by atoms with Crippen molar-refractivity contribution in [1.82, 2.24) is 15.1 Å². The number of aromatic nitrogens is 2. The summed E-state index contributed by atoms with van der Waals surface area (Å²) in [5.41, 5.74) is 3.23. The van der Waals surface area contributed by atoms with Crippen molar-refractivity contribution in [3.63, 3.8) is 0 Å². The maximum atomic E-state index is 11.8. The van der Waals surface area contributed by atoms with Gasteiger partial charge in [0.2, 0.25) is 5.91 Å². The van der Waals surface area contributed by atoms with Crippen molar-refractivity contribution in [2.75, 3.05) is 7.11 Å². The molecule has 7 nitrogen and oxygen atoms in total. The Hall–Kier alpha value is -3.87. The minimum Gasteiger partial charge on any atom is -0.545 e. The van der Waals surface area contributed by atoms with Gasteiger partial charge in [0.1, 0.15) is 5.75 Å². The fourth-order valence-electron chi connectivity index (χ4n) is 2.63. The molecule has 0 unspecified atom stereocenters. The average Bonchev–Trinajstić information content (AvgIpc) is 3.15. The zero-order valence-electron chi connectivity index (χ0n) is 15.2. The number of methoxy groups -OCH3 is 1. The van der Waals surface area contributed by atoms with Gasteiger partial charge in [-0.1, -0.05) is 18.2 Å². The smallest absolute Gasteiger partial charge is 0.244 e. The van der Waals surface area contributed by atoms with Gasteiger partial charge >= 0.3 is 0 Å². The number of nitrogens with zero attached hydrogens (tertiary/aromatic N) is 2. The monoisotopic (exact) mass is 376 g/mol. The number of aliphatic carboxylic acids is 1. The van der Waals surface area contributed by atoms with Crippen LogP contribution in [0.3, 0.4) is 0 Å². The molecular weight excluding hydrogens is 358 g/mol. The predicted molar refractivity (Wildman–Crippen MR) is 102 cm³/mol. The lowest BCUT2D eigenvalue weighted by Gasteiger charge is -2.05. The molecule has 0 saturated carbocycles. The van der Waals surface area contributed by atoms with E-state index < -0.39 is 11.9 Å². The Labute approximate surface area is 161 Å². The summed E-state index contributed by atoms with van der Waals surface area (Å²) in [6.45, 7) is 0.185. The van der Waals surface area contributed by atoms with Crippen LogP contribution in [0.4, 0.5) is 0 Å². The van der Waals surface area contributed by atoms with Crippen molar-refractivity contribution in [2.24, 2.45) is 0 Å². The third-order valence-electron chi connectivity index (χ3n) is 4.00. The minimum atomic E-state index is -1.43. The highest BCUT2D eigenvalue weighted by Gasteiger charge is 2.13. The molecule has 0 atom stereocenters. The quantitative estimate of drug-likeness (QED) is 0.630. The van der Waals surface area contributed by atoms with Crippen molar-refractivity contribution in [3.05, 3.63) is 78.5 Å². The maximum absolute atomic E-state index is 11.8. The number of amides is 1. The highest BCUT2D eigenvalue weighted by Crippen LogP contribution is 2.25. The molecule has 0 saturated heterocycles. The third-order valence-corrected chi connectivity index (χ3v) is 4.00. The van der Waals surface area contributed by atoms with Crippen molar-refractivity contribution in [2.45, 2.75) is 6.54 Å². The summed E-state index contributed by atoms with van der Waals surface area (Å²) in [5, 5.41) is 17.7. The van der Waals surface area contributed by atoms with Crippen LogP contribution in [0.25, 0.3) is 16.9 Å². The molecule has 2 aromatic carbocycles. The van der Waals surface area contributed by atoms with Crippen LogP contribution in [0, 0.1) is 0 Å². The number of hydrogen-bond donors (Lipinski definition) is 1. The number of benzene rings is 2. The van der Waals surface area contributed by atoms with Gasteiger partial charge < -0.3 is 20.0 Å². The Morgan fingerprint density at radius 1 is 1.11 bits per heavy atom. The van der Waals surface area contributed by atoms with E-state index in [9.17, 15) is 14.7 Å². The maximum Gasteiger partial charge on any atom is 0.244 e. The standard InChI is InChI=1S/C21H19N3O4/c1-28-18-9-7-15(8-10-18)21-16(13-22-19(25)11-12-20(26)27)14-24(23-21)17-5-3-2-4-6-17/h2-12,14H,13H2,1H3,(H,22,25)(H,26,27)/p-1/b12-11+. The van der Waals surface area contributed by atoms with Crippen molar-refractivity contribution < 1.29 is 19.4 Å². The van der Waals surface area contributed by atoms with E-state index in [4.69, 9.17) is 4.74 Å². The van der Waals surface area contributed by atoms with E-state index in [2.05, 4.69) is 10.4 Å². The molecule has 0 aliphatic heterocycles. The van der Waals surface area contributed by atoms with E-state index in [1.54, 1.807) is 11.8 Å². The number of hydrogen-bond acceptors (Lipinski definition) is 5. The molecule has 1 amide bonds. The lowest BCUT2D eigenvalue weighted by Crippen LogP contribution is -2.23. The third kappa shape index (κ3) is 4.64. The summed E-state index contributed by atoms with van der Waals surface area (Å²) in [7, 11) is 1.60. The van der Waals surface area contributed by atoms with Gasteiger partial charge in [0, 0.05) is 29.9 Å². The molecule has 1 N–H and O–H groups in total. The van der Waals surface area contributed by atoms with Gasteiger partial charge in [-0.2, -0.15) is 5.10 Å². The second kappa shape index (κ2) is 8.68. The first-order chi connectivity index (χ1) is 13.6. The average molecular weight is 376 g/mol. The van der Waals surface area contributed by atoms with Crippen molar-refractivity contribution in [3.8, 4) is 22.7 Å². The fourth-order valence-corrected chi connectivity index (χ4v) is 2.63. The van der Waals surface area contributed by atoms with Gasteiger partial charge in [-0.15, -0.1) is 0 Å². The number of carbonyl (C=O) groups is 2. The largest absolute Gasteiger partial charge is 0.545 e. The molecule has 3 rings (SSSR count). The summed E-state index contributed by atoms with van der Waals surface area (Å²) in [5.74, 6) is -1.23. The van der Waals surface area contributed by atoms with Gasteiger partial charge in [0.15, 0.2) is 0 Å². The molecular formula is C21H18N3O4-. The van der Waals surface area contributed by atoms with E-state index in [0.717, 1.165) is 28.6 Å². The minimum absolute atomic E-state index is 0.185. The molecule has 0 spiro atoms. The number of carboxylic acid groups (broad SMARTS) is 1.